The SMILES string of the molecule is CC(C)(C)[Si](C)(C)O[C@H](CNCc1ccc(OCCCCc2ccc(-c3ccccc3)c(NC(=O)O)c2)cc1)c1ccc(O)c2[nH]c(=O)ccc12. The van der Waals surface area contributed by atoms with Crippen molar-refractivity contribution in [2.75, 3.05) is 18.5 Å². The van der Waals surface area contributed by atoms with Crippen LogP contribution in [0.1, 0.15) is 56.4 Å². The fraction of sp³-hybridized carbons (Fsp3) is 0.317. The molecular weight excluding hydrogens is 659 g/mol. The van der Waals surface area contributed by atoms with E-state index in [0.29, 0.717) is 30.9 Å². The van der Waals surface area contributed by atoms with E-state index in [2.05, 4.69) is 67.7 Å². The van der Waals surface area contributed by atoms with Crippen LogP contribution in [-0.2, 0) is 17.4 Å². The number of ether oxygens (including phenoxy) is 1. The number of hydrogen-bond donors (Lipinski definition) is 5. The number of aromatic hydroxyl groups is 1. The summed E-state index contributed by atoms with van der Waals surface area (Å²) in [6.45, 7) is 12.8. The third-order valence-electron chi connectivity index (χ3n) is 9.62. The van der Waals surface area contributed by atoms with Crippen molar-refractivity contribution in [3.8, 4) is 22.6 Å². The number of anilines is 1. The zero-order chi connectivity index (χ0) is 36.6. The van der Waals surface area contributed by atoms with Gasteiger partial charge in [0.1, 0.15) is 11.5 Å². The molecule has 0 aliphatic heterocycles. The van der Waals surface area contributed by atoms with Crippen LogP contribution in [0.3, 0.4) is 0 Å². The predicted molar refractivity (Wildman–Crippen MR) is 207 cm³/mol. The maximum atomic E-state index is 12.0. The summed E-state index contributed by atoms with van der Waals surface area (Å²) in [6.07, 6.45) is 1.21. The van der Waals surface area contributed by atoms with Gasteiger partial charge in [-0.2, -0.15) is 0 Å². The summed E-state index contributed by atoms with van der Waals surface area (Å²) >= 11 is 0. The van der Waals surface area contributed by atoms with E-state index in [1.165, 1.54) is 6.07 Å². The van der Waals surface area contributed by atoms with E-state index < -0.39 is 14.4 Å². The van der Waals surface area contributed by atoms with Crippen molar-refractivity contribution >= 4 is 31.0 Å². The number of nitrogens with one attached hydrogen (secondary N) is 3. The summed E-state index contributed by atoms with van der Waals surface area (Å²) in [6, 6.07) is 30.5. The zero-order valence-electron chi connectivity index (χ0n) is 30.1. The second-order valence-electron chi connectivity index (χ2n) is 14.4. The van der Waals surface area contributed by atoms with Crippen LogP contribution < -0.4 is 20.9 Å². The number of aromatic amines is 1. The van der Waals surface area contributed by atoms with Gasteiger partial charge in [0.15, 0.2) is 8.32 Å². The standard InChI is InChI=1S/C41H49N3O6Si/c1-41(2,3)51(4,5)50-37(33-20-22-36(45)39-34(33)21-23-38(46)44-39)27-42-26-29-14-17-31(18-15-29)49-24-10-9-11-28-16-19-32(30-12-7-6-8-13-30)35(25-28)43-40(47)48/h6-8,12-23,25,37,42-43,45H,9-11,24,26-27H2,1-5H3,(H,44,46)(H,47,48)/t37-/m1/s1. The van der Waals surface area contributed by atoms with Gasteiger partial charge in [-0.1, -0.05) is 81.4 Å². The average molecular weight is 708 g/mol. The van der Waals surface area contributed by atoms with Crippen molar-refractivity contribution in [3.63, 3.8) is 0 Å². The molecule has 0 saturated carbocycles. The molecular formula is C41H49N3O6Si. The van der Waals surface area contributed by atoms with Crippen LogP contribution >= 0.6 is 0 Å². The minimum absolute atomic E-state index is 0.000777. The summed E-state index contributed by atoms with van der Waals surface area (Å²) in [7, 11) is -2.18. The van der Waals surface area contributed by atoms with Crippen LogP contribution in [0.5, 0.6) is 11.5 Å². The van der Waals surface area contributed by atoms with Crippen molar-refractivity contribution in [2.45, 2.75) is 70.8 Å². The summed E-state index contributed by atoms with van der Waals surface area (Å²) in [5, 5.41) is 26.7. The second kappa shape index (κ2) is 16.4. The van der Waals surface area contributed by atoms with E-state index in [9.17, 15) is 19.8 Å². The molecule has 5 rings (SSSR count). The van der Waals surface area contributed by atoms with Gasteiger partial charge in [0.05, 0.1) is 23.9 Å². The molecule has 0 saturated heterocycles. The molecule has 0 fully saturated rings. The molecule has 10 heteroatoms. The second-order valence-corrected chi connectivity index (χ2v) is 19.2. The Kier molecular flexibility index (Phi) is 12.0. The first kappa shape index (κ1) is 37.4. The summed E-state index contributed by atoms with van der Waals surface area (Å²) in [5.74, 6) is 0.841. The number of aromatic nitrogens is 1. The first-order valence-corrected chi connectivity index (χ1v) is 20.3. The molecule has 0 unspecified atom stereocenters. The molecule has 1 heterocycles. The van der Waals surface area contributed by atoms with Crippen molar-refractivity contribution in [1.29, 1.82) is 0 Å². The van der Waals surface area contributed by atoms with Gasteiger partial charge in [0.2, 0.25) is 5.56 Å². The maximum Gasteiger partial charge on any atom is 0.409 e. The molecule has 0 spiro atoms. The fourth-order valence-electron chi connectivity index (χ4n) is 5.79. The smallest absolute Gasteiger partial charge is 0.409 e. The molecule has 0 aliphatic carbocycles. The normalized spacial score (nSPS) is 12.5. The van der Waals surface area contributed by atoms with Gasteiger partial charge in [0.25, 0.3) is 0 Å². The number of amides is 1. The molecule has 1 atom stereocenters. The van der Waals surface area contributed by atoms with E-state index in [0.717, 1.165) is 58.2 Å². The lowest BCUT2D eigenvalue weighted by molar-refractivity contribution is 0.181. The highest BCUT2D eigenvalue weighted by Gasteiger charge is 2.39. The first-order valence-electron chi connectivity index (χ1n) is 17.4. The van der Waals surface area contributed by atoms with E-state index in [-0.39, 0.29) is 22.5 Å². The number of benzene rings is 4. The Hall–Kier alpha value is -4.90. The lowest BCUT2D eigenvalue weighted by Gasteiger charge is -2.39. The largest absolute Gasteiger partial charge is 0.506 e. The van der Waals surface area contributed by atoms with Crippen LogP contribution in [-0.4, -0.2) is 42.8 Å². The number of carboxylic acid groups (broad SMARTS) is 1. The summed E-state index contributed by atoms with van der Waals surface area (Å²) in [4.78, 5) is 26.2. The summed E-state index contributed by atoms with van der Waals surface area (Å²) in [5.41, 5.74) is 5.65. The van der Waals surface area contributed by atoms with Gasteiger partial charge in [0, 0.05) is 30.1 Å². The molecule has 51 heavy (non-hydrogen) atoms. The van der Waals surface area contributed by atoms with E-state index in [1.807, 2.05) is 60.7 Å². The van der Waals surface area contributed by atoms with Crippen molar-refractivity contribution in [1.82, 2.24) is 10.3 Å². The Morgan fingerprint density at radius 2 is 1.63 bits per heavy atom. The number of unbranched alkanes of at least 4 members (excludes halogenated alkanes) is 1. The lowest BCUT2D eigenvalue weighted by atomic mass is 9.99. The van der Waals surface area contributed by atoms with Gasteiger partial charge in [-0.3, -0.25) is 10.1 Å². The monoisotopic (exact) mass is 707 g/mol. The highest BCUT2D eigenvalue weighted by Crippen LogP contribution is 2.41. The molecule has 0 radical (unpaired) electrons. The summed E-state index contributed by atoms with van der Waals surface area (Å²) < 4.78 is 12.9. The number of phenolic OH excluding ortho intramolecular Hbond substituents is 1. The molecule has 4 aromatic carbocycles. The number of H-pyrrole nitrogens is 1. The Morgan fingerprint density at radius 1 is 0.902 bits per heavy atom. The Morgan fingerprint density at radius 3 is 2.33 bits per heavy atom. The molecule has 0 aliphatic rings. The Bertz CT molecular complexity index is 1990. The highest BCUT2D eigenvalue weighted by molar-refractivity contribution is 6.74. The van der Waals surface area contributed by atoms with E-state index in [1.54, 1.807) is 12.1 Å². The molecule has 5 N–H and O–H groups in total. The third kappa shape index (κ3) is 9.88. The zero-order valence-corrected chi connectivity index (χ0v) is 31.1. The van der Waals surface area contributed by atoms with Crippen LogP contribution in [0, 0.1) is 0 Å². The molecule has 5 aromatic rings. The van der Waals surface area contributed by atoms with Gasteiger partial charge in [-0.25, -0.2) is 4.79 Å². The Balaban J connectivity index is 1.14. The number of hydrogen-bond acceptors (Lipinski definition) is 6. The van der Waals surface area contributed by atoms with E-state index in [4.69, 9.17) is 9.16 Å². The van der Waals surface area contributed by atoms with Crippen molar-refractivity contribution in [3.05, 3.63) is 124 Å². The number of aryl methyl sites for hydroxylation is 1. The maximum absolute atomic E-state index is 12.0. The topological polar surface area (TPSA) is 133 Å². The molecule has 268 valence electrons. The lowest BCUT2D eigenvalue weighted by Crippen LogP contribution is -2.43. The van der Waals surface area contributed by atoms with Crippen LogP contribution in [0.4, 0.5) is 10.5 Å². The quantitative estimate of drug-likeness (QED) is 0.0541. The average Bonchev–Trinajstić information content (AvgIpc) is 3.08. The first-order chi connectivity index (χ1) is 24.3. The van der Waals surface area contributed by atoms with E-state index >= 15 is 0 Å². The molecule has 9 nitrogen and oxygen atoms in total. The molecule has 0 bridgehead atoms. The molecule has 1 aromatic heterocycles. The minimum Gasteiger partial charge on any atom is -0.506 e. The fourth-order valence-corrected chi connectivity index (χ4v) is 7.07. The number of carbonyl (C=O) groups is 1. The molecule has 1 amide bonds. The number of rotatable bonds is 15. The number of phenols is 1. The number of pyridine rings is 1. The van der Waals surface area contributed by atoms with Gasteiger partial charge >= 0.3 is 6.09 Å². The van der Waals surface area contributed by atoms with Crippen LogP contribution in [0.2, 0.25) is 18.1 Å². The highest BCUT2D eigenvalue weighted by atomic mass is 28.4. The number of fused-ring (bicyclic) bond motifs is 1. The minimum atomic E-state index is -2.18. The van der Waals surface area contributed by atoms with Crippen molar-refractivity contribution in [2.24, 2.45) is 0 Å². The van der Waals surface area contributed by atoms with Gasteiger partial charge in [-0.05, 0) is 90.0 Å². The predicted octanol–water partition coefficient (Wildman–Crippen LogP) is 9.25. The van der Waals surface area contributed by atoms with Crippen LogP contribution in [0.25, 0.3) is 22.0 Å². The van der Waals surface area contributed by atoms with Crippen LogP contribution in [0.15, 0.2) is 102 Å². The Labute approximate surface area is 300 Å². The van der Waals surface area contributed by atoms with Crippen molar-refractivity contribution < 1.29 is 24.2 Å². The van der Waals surface area contributed by atoms with Gasteiger partial charge in [-0.15, -0.1) is 0 Å². The van der Waals surface area contributed by atoms with Gasteiger partial charge < -0.3 is 29.7 Å². The third-order valence-corrected chi connectivity index (χ3v) is 14.1.